The number of hydrogen-bond donors (Lipinski definition) is 2. The summed E-state index contributed by atoms with van der Waals surface area (Å²) in [6, 6.07) is 3.71. The second-order valence-corrected chi connectivity index (χ2v) is 3.12. The normalized spacial score (nSPS) is 10.7. The summed E-state index contributed by atoms with van der Waals surface area (Å²) in [5, 5.41) is 2.36. The fourth-order valence-corrected chi connectivity index (χ4v) is 1.42. The van der Waals surface area contributed by atoms with Gasteiger partial charge in [0.25, 0.3) is 0 Å². The van der Waals surface area contributed by atoms with E-state index in [0.717, 1.165) is 15.9 Å². The largest absolute Gasteiger partial charge is 0.349 e. The van der Waals surface area contributed by atoms with Gasteiger partial charge < -0.3 is 4.98 Å². The second kappa shape index (κ2) is 2.43. The molecule has 0 spiro atoms. The van der Waals surface area contributed by atoms with Gasteiger partial charge in [-0.1, -0.05) is 11.6 Å². The van der Waals surface area contributed by atoms with E-state index >= 15 is 0 Å². The van der Waals surface area contributed by atoms with Gasteiger partial charge in [-0.2, -0.15) is 0 Å². The molecule has 11 heavy (non-hydrogen) atoms. The van der Waals surface area contributed by atoms with Crippen molar-refractivity contribution in [1.29, 1.82) is 0 Å². The zero-order chi connectivity index (χ0) is 7.84. The fraction of sp³-hybridized carbons (Fsp3) is 0. The number of rotatable bonds is 0. The molecule has 0 aliphatic rings. The van der Waals surface area contributed by atoms with Gasteiger partial charge in [0, 0.05) is 5.39 Å². The topological polar surface area (TPSA) is 28.7 Å². The molecule has 0 amide bonds. The molecule has 0 atom stereocenters. The Kier molecular flexibility index (Phi) is 1.55. The summed E-state index contributed by atoms with van der Waals surface area (Å²) in [7, 11) is 0. The SMILES string of the molecule is Sc1cc2cc(Cl)ncc2[nH]1. The molecular weight excluding hydrogens is 180 g/mol. The molecule has 2 aromatic heterocycles. The van der Waals surface area contributed by atoms with Crippen molar-refractivity contribution in [2.45, 2.75) is 5.03 Å². The van der Waals surface area contributed by atoms with Crippen LogP contribution in [0.1, 0.15) is 0 Å². The third kappa shape index (κ3) is 1.21. The van der Waals surface area contributed by atoms with Gasteiger partial charge >= 0.3 is 0 Å². The minimum Gasteiger partial charge on any atom is -0.349 e. The van der Waals surface area contributed by atoms with Crippen LogP contribution in [0, 0.1) is 0 Å². The molecule has 2 aromatic rings. The maximum Gasteiger partial charge on any atom is 0.129 e. The van der Waals surface area contributed by atoms with Gasteiger partial charge in [0.15, 0.2) is 0 Å². The van der Waals surface area contributed by atoms with Crippen LogP contribution in [0.2, 0.25) is 5.15 Å². The number of thiol groups is 1. The maximum atomic E-state index is 5.68. The highest BCUT2D eigenvalue weighted by atomic mass is 35.5. The van der Waals surface area contributed by atoms with E-state index in [4.69, 9.17) is 11.6 Å². The Morgan fingerprint density at radius 3 is 3.09 bits per heavy atom. The summed E-state index contributed by atoms with van der Waals surface area (Å²) in [5.74, 6) is 0. The molecule has 0 saturated heterocycles. The molecule has 0 bridgehead atoms. The van der Waals surface area contributed by atoms with Crippen LogP contribution in [0.25, 0.3) is 10.9 Å². The van der Waals surface area contributed by atoms with Crippen molar-refractivity contribution in [1.82, 2.24) is 9.97 Å². The average molecular weight is 185 g/mol. The summed E-state index contributed by atoms with van der Waals surface area (Å²) >= 11 is 9.83. The van der Waals surface area contributed by atoms with Gasteiger partial charge in [-0.3, -0.25) is 0 Å². The Bertz CT molecular complexity index is 396. The number of nitrogens with one attached hydrogen (secondary N) is 1. The van der Waals surface area contributed by atoms with Crippen molar-refractivity contribution in [2.24, 2.45) is 0 Å². The zero-order valence-corrected chi connectivity index (χ0v) is 7.15. The summed E-state index contributed by atoms with van der Waals surface area (Å²) in [6.07, 6.45) is 1.69. The molecule has 0 aliphatic heterocycles. The summed E-state index contributed by atoms with van der Waals surface area (Å²) in [5.41, 5.74) is 0.958. The van der Waals surface area contributed by atoms with E-state index in [1.54, 1.807) is 12.3 Å². The molecule has 1 N–H and O–H groups in total. The Morgan fingerprint density at radius 1 is 1.45 bits per heavy atom. The van der Waals surface area contributed by atoms with E-state index in [2.05, 4.69) is 22.6 Å². The molecule has 2 rings (SSSR count). The van der Waals surface area contributed by atoms with Gasteiger partial charge in [0.05, 0.1) is 16.7 Å². The molecule has 0 unspecified atom stereocenters. The van der Waals surface area contributed by atoms with Crippen LogP contribution >= 0.6 is 24.2 Å². The Balaban J connectivity index is 2.82. The number of aromatic nitrogens is 2. The summed E-state index contributed by atoms with van der Waals surface area (Å²) in [6.45, 7) is 0. The van der Waals surface area contributed by atoms with Crippen molar-refractivity contribution in [3.63, 3.8) is 0 Å². The quantitative estimate of drug-likeness (QED) is 0.478. The predicted molar refractivity (Wildman–Crippen MR) is 48.4 cm³/mol. The van der Waals surface area contributed by atoms with Crippen LogP contribution in [0.15, 0.2) is 23.4 Å². The van der Waals surface area contributed by atoms with Crippen LogP contribution < -0.4 is 0 Å². The molecule has 0 aliphatic carbocycles. The molecule has 0 aromatic carbocycles. The third-order valence-electron chi connectivity index (χ3n) is 1.46. The monoisotopic (exact) mass is 184 g/mol. The summed E-state index contributed by atoms with van der Waals surface area (Å²) < 4.78 is 0. The van der Waals surface area contributed by atoms with E-state index in [9.17, 15) is 0 Å². The number of aromatic amines is 1. The highest BCUT2D eigenvalue weighted by molar-refractivity contribution is 7.80. The average Bonchev–Trinajstić information content (AvgIpc) is 2.27. The smallest absolute Gasteiger partial charge is 0.129 e. The number of fused-ring (bicyclic) bond motifs is 1. The first-order valence-corrected chi connectivity index (χ1v) is 3.91. The molecule has 0 saturated carbocycles. The molecule has 0 radical (unpaired) electrons. The van der Waals surface area contributed by atoms with E-state index < -0.39 is 0 Å². The zero-order valence-electron chi connectivity index (χ0n) is 5.50. The lowest BCUT2D eigenvalue weighted by Gasteiger charge is -1.87. The number of pyridine rings is 1. The van der Waals surface area contributed by atoms with Crippen LogP contribution in [-0.4, -0.2) is 9.97 Å². The number of hydrogen-bond acceptors (Lipinski definition) is 2. The third-order valence-corrected chi connectivity index (χ3v) is 1.91. The Labute approximate surface area is 74.0 Å². The Morgan fingerprint density at radius 2 is 2.27 bits per heavy atom. The summed E-state index contributed by atoms with van der Waals surface area (Å²) in [4.78, 5) is 6.95. The standard InChI is InChI=1S/C7H5ClN2S/c8-6-1-4-2-7(11)10-5(4)3-9-6/h1-3,10-11H. The van der Waals surface area contributed by atoms with Crippen molar-refractivity contribution in [3.05, 3.63) is 23.5 Å². The van der Waals surface area contributed by atoms with Gasteiger partial charge in [-0.05, 0) is 12.1 Å². The predicted octanol–water partition coefficient (Wildman–Crippen LogP) is 2.51. The van der Waals surface area contributed by atoms with E-state index in [1.807, 2.05) is 6.07 Å². The molecule has 56 valence electrons. The lowest BCUT2D eigenvalue weighted by atomic mass is 10.3. The van der Waals surface area contributed by atoms with Gasteiger partial charge in [0.2, 0.25) is 0 Å². The van der Waals surface area contributed by atoms with Crippen molar-refractivity contribution < 1.29 is 0 Å². The highest BCUT2D eigenvalue weighted by Crippen LogP contribution is 2.18. The van der Waals surface area contributed by atoms with Crippen LogP contribution in [0.3, 0.4) is 0 Å². The number of halogens is 1. The van der Waals surface area contributed by atoms with E-state index in [1.165, 1.54) is 0 Å². The molecule has 0 fully saturated rings. The maximum absolute atomic E-state index is 5.68. The van der Waals surface area contributed by atoms with Crippen LogP contribution in [0.5, 0.6) is 0 Å². The van der Waals surface area contributed by atoms with Gasteiger partial charge in [-0.25, -0.2) is 4.98 Å². The highest BCUT2D eigenvalue weighted by Gasteiger charge is 1.97. The van der Waals surface area contributed by atoms with E-state index in [0.29, 0.717) is 5.15 Å². The first-order chi connectivity index (χ1) is 5.25. The van der Waals surface area contributed by atoms with Crippen molar-refractivity contribution in [3.8, 4) is 0 Å². The van der Waals surface area contributed by atoms with Gasteiger partial charge in [0.1, 0.15) is 5.15 Å². The lowest BCUT2D eigenvalue weighted by Crippen LogP contribution is -1.72. The van der Waals surface area contributed by atoms with Crippen molar-refractivity contribution >= 4 is 35.1 Å². The van der Waals surface area contributed by atoms with Crippen molar-refractivity contribution in [2.75, 3.05) is 0 Å². The minimum absolute atomic E-state index is 0.504. The minimum atomic E-state index is 0.504. The number of nitrogens with zero attached hydrogens (tertiary/aromatic N) is 1. The molecule has 2 heterocycles. The van der Waals surface area contributed by atoms with Crippen LogP contribution in [0.4, 0.5) is 0 Å². The molecule has 2 nitrogen and oxygen atoms in total. The first-order valence-electron chi connectivity index (χ1n) is 3.09. The second-order valence-electron chi connectivity index (χ2n) is 2.25. The van der Waals surface area contributed by atoms with Gasteiger partial charge in [-0.15, -0.1) is 12.6 Å². The fourth-order valence-electron chi connectivity index (χ4n) is 0.989. The first kappa shape index (κ1) is 7.00. The lowest BCUT2D eigenvalue weighted by molar-refractivity contribution is 1.24. The molecule has 4 heteroatoms. The molecular formula is C7H5ClN2S. The van der Waals surface area contributed by atoms with E-state index in [-0.39, 0.29) is 0 Å². The van der Waals surface area contributed by atoms with Crippen LogP contribution in [-0.2, 0) is 0 Å². The number of H-pyrrole nitrogens is 1. The Hall–Kier alpha value is -0.670.